The molecule has 270 valence electrons. The van der Waals surface area contributed by atoms with E-state index in [-0.39, 0.29) is 41.9 Å². The van der Waals surface area contributed by atoms with E-state index in [0.717, 1.165) is 36.8 Å². The van der Waals surface area contributed by atoms with Crippen LogP contribution in [0.3, 0.4) is 0 Å². The number of carbonyl (C=O) groups is 3. The Bertz CT molecular complexity index is 1530. The lowest BCUT2D eigenvalue weighted by molar-refractivity contribution is -0.266. The number of benzene rings is 1. The first-order chi connectivity index (χ1) is 22.9. The first-order valence-corrected chi connectivity index (χ1v) is 18.2. The Balaban J connectivity index is 1.40. The number of carboxylic acids is 1. The number of carboxylic acid groups (broad SMARTS) is 1. The molecule has 4 aliphatic carbocycles. The number of carbonyl (C=O) groups excluding carboxylic acids is 2. The summed E-state index contributed by atoms with van der Waals surface area (Å²) in [6.45, 7) is 17.1. The Morgan fingerprint density at radius 2 is 1.73 bits per heavy atom. The van der Waals surface area contributed by atoms with Crippen molar-refractivity contribution in [2.75, 3.05) is 19.8 Å². The highest BCUT2D eigenvalue weighted by Crippen LogP contribution is 2.74. The third-order valence-electron chi connectivity index (χ3n) is 15.0. The van der Waals surface area contributed by atoms with Crippen molar-refractivity contribution in [3.05, 3.63) is 47.3 Å². The minimum absolute atomic E-state index is 0.0134. The second-order valence-electron chi connectivity index (χ2n) is 17.5. The molecule has 49 heavy (non-hydrogen) atoms. The quantitative estimate of drug-likeness (QED) is 0.284. The largest absolute Gasteiger partial charge is 0.481 e. The van der Waals surface area contributed by atoms with Crippen molar-refractivity contribution in [1.82, 2.24) is 0 Å². The van der Waals surface area contributed by atoms with E-state index in [2.05, 4.69) is 41.5 Å². The zero-order chi connectivity index (χ0) is 35.9. The summed E-state index contributed by atoms with van der Waals surface area (Å²) in [4.78, 5) is 40.8. The van der Waals surface area contributed by atoms with E-state index in [9.17, 15) is 23.9 Å². The normalized spacial score (nSPS) is 42.6. The van der Waals surface area contributed by atoms with Gasteiger partial charge in [-0.25, -0.2) is 4.39 Å². The summed E-state index contributed by atoms with van der Waals surface area (Å²) in [5.41, 5.74) is 4.97. The van der Waals surface area contributed by atoms with Crippen molar-refractivity contribution in [1.29, 1.82) is 0 Å². The van der Waals surface area contributed by atoms with Gasteiger partial charge in [0, 0.05) is 23.2 Å². The lowest BCUT2D eigenvalue weighted by Gasteiger charge is -2.70. The predicted octanol–water partition coefficient (Wildman–Crippen LogP) is 6.91. The Morgan fingerprint density at radius 1 is 1.06 bits per heavy atom. The van der Waals surface area contributed by atoms with Crippen LogP contribution < -0.4 is 5.73 Å². The van der Waals surface area contributed by atoms with Gasteiger partial charge in [-0.1, -0.05) is 66.2 Å². The van der Waals surface area contributed by atoms with E-state index >= 15 is 0 Å². The molecule has 3 saturated carbocycles. The number of esters is 1. The monoisotopic (exact) mass is 681 g/mol. The van der Waals surface area contributed by atoms with E-state index in [0.29, 0.717) is 19.6 Å². The molecule has 1 unspecified atom stereocenters. The third-order valence-corrected chi connectivity index (χ3v) is 15.0. The lowest BCUT2D eigenvalue weighted by Crippen LogP contribution is -2.71. The summed E-state index contributed by atoms with van der Waals surface area (Å²) in [6, 6.07) is 5.54. The average molecular weight is 682 g/mol. The number of allylic oxidation sites excluding steroid dienone is 1. The Morgan fingerprint density at radius 3 is 2.35 bits per heavy atom. The van der Waals surface area contributed by atoms with Gasteiger partial charge in [0.15, 0.2) is 5.78 Å². The Kier molecular flexibility index (Phi) is 9.05. The summed E-state index contributed by atoms with van der Waals surface area (Å²) in [7, 11) is 0. The summed E-state index contributed by atoms with van der Waals surface area (Å²) in [5.74, 6) is -2.11. The van der Waals surface area contributed by atoms with Crippen LogP contribution in [0, 0.1) is 62.5 Å². The number of rotatable bonds is 8. The van der Waals surface area contributed by atoms with Crippen LogP contribution in [0.25, 0.3) is 0 Å². The van der Waals surface area contributed by atoms with E-state index in [1.54, 1.807) is 12.1 Å². The molecule has 0 spiro atoms. The number of nitrogens with two attached hydrogens (primary N) is 1. The maximum atomic E-state index is 14.8. The predicted molar refractivity (Wildman–Crippen MR) is 183 cm³/mol. The van der Waals surface area contributed by atoms with Gasteiger partial charge in [0.25, 0.3) is 0 Å². The van der Waals surface area contributed by atoms with Gasteiger partial charge < -0.3 is 25.1 Å². The molecule has 0 aromatic heterocycles. The molecule has 9 heteroatoms. The standard InChI is InChI=1S/C40H56FNO7/c1-22(2)23(3)36(5)15-16-38(7)27-13-14-31-37(6)20-47-21-40(31,28(27)17-32(44)39(38,8)33(36)35(45)46)18-30(49-24(4)43)34(37)48-19-29(42)25-9-11-26(41)12-10-25/h9-12,17,22-23,27,29-31,33-34H,13-16,18-21,42H2,1-8H3,(H,45,46)/t23-,27+,29?,30-,31+,33-,34+,36-,37+,38-,39+,40+/m1/s1. The van der Waals surface area contributed by atoms with Gasteiger partial charge in [0.05, 0.1) is 31.8 Å². The molecule has 1 aliphatic heterocycles. The van der Waals surface area contributed by atoms with Crippen molar-refractivity contribution >= 4 is 17.7 Å². The van der Waals surface area contributed by atoms with Crippen LogP contribution in [-0.2, 0) is 28.6 Å². The summed E-state index contributed by atoms with van der Waals surface area (Å²) >= 11 is 0. The molecule has 8 nitrogen and oxygen atoms in total. The van der Waals surface area contributed by atoms with Crippen molar-refractivity contribution in [3.8, 4) is 0 Å². The number of aliphatic carboxylic acids is 1. The summed E-state index contributed by atoms with van der Waals surface area (Å²) in [6.07, 6.45) is 4.31. The fourth-order valence-corrected chi connectivity index (χ4v) is 12.0. The molecule has 0 radical (unpaired) electrons. The number of halogens is 1. The Labute approximate surface area is 290 Å². The fourth-order valence-electron chi connectivity index (χ4n) is 12.0. The minimum Gasteiger partial charge on any atom is -0.481 e. The van der Waals surface area contributed by atoms with E-state index in [4.69, 9.17) is 19.9 Å². The van der Waals surface area contributed by atoms with Crippen LogP contribution in [0.4, 0.5) is 4.39 Å². The van der Waals surface area contributed by atoms with Gasteiger partial charge in [0.2, 0.25) is 0 Å². The second kappa shape index (κ2) is 12.3. The molecule has 6 rings (SSSR count). The molecule has 1 heterocycles. The number of hydrogen-bond donors (Lipinski definition) is 2. The van der Waals surface area contributed by atoms with Crippen molar-refractivity contribution in [3.63, 3.8) is 0 Å². The smallest absolute Gasteiger partial charge is 0.308 e. The molecule has 1 saturated heterocycles. The molecule has 5 aliphatic rings. The van der Waals surface area contributed by atoms with Crippen LogP contribution in [0.5, 0.6) is 0 Å². The van der Waals surface area contributed by atoms with Gasteiger partial charge in [-0.2, -0.15) is 0 Å². The fraction of sp³-hybridized carbons (Fsp3) is 0.725. The zero-order valence-electron chi connectivity index (χ0n) is 30.5. The summed E-state index contributed by atoms with van der Waals surface area (Å²) < 4.78 is 32.8. The van der Waals surface area contributed by atoms with Crippen LogP contribution in [-0.4, -0.2) is 54.9 Å². The Hall–Kier alpha value is -2.62. The number of ketones is 1. The molecule has 12 atom stereocenters. The molecule has 4 fully saturated rings. The number of fused-ring (bicyclic) bond motifs is 3. The van der Waals surface area contributed by atoms with Gasteiger partial charge in [-0.05, 0) is 90.4 Å². The van der Waals surface area contributed by atoms with E-state index in [1.165, 1.54) is 19.1 Å². The highest BCUT2D eigenvalue weighted by atomic mass is 19.1. The summed E-state index contributed by atoms with van der Waals surface area (Å²) in [5, 5.41) is 10.9. The highest BCUT2D eigenvalue weighted by molar-refractivity contribution is 6.00. The number of hydrogen-bond acceptors (Lipinski definition) is 7. The van der Waals surface area contributed by atoms with Crippen LogP contribution >= 0.6 is 0 Å². The first-order valence-electron chi connectivity index (χ1n) is 18.2. The molecular formula is C40H56FNO7. The molecule has 1 aromatic rings. The average Bonchev–Trinajstić information content (AvgIpc) is 3.01. The maximum Gasteiger partial charge on any atom is 0.308 e. The zero-order valence-corrected chi connectivity index (χ0v) is 30.5. The molecular weight excluding hydrogens is 625 g/mol. The molecule has 1 aromatic carbocycles. The number of ether oxygens (including phenoxy) is 3. The van der Waals surface area contributed by atoms with Gasteiger partial charge in [-0.15, -0.1) is 0 Å². The van der Waals surface area contributed by atoms with Crippen LogP contribution in [0.2, 0.25) is 0 Å². The second-order valence-corrected chi connectivity index (χ2v) is 17.5. The van der Waals surface area contributed by atoms with Crippen LogP contribution in [0.15, 0.2) is 35.9 Å². The topological polar surface area (TPSA) is 125 Å². The minimum atomic E-state index is -1.09. The third kappa shape index (κ3) is 5.18. The first kappa shape index (κ1) is 36.2. The maximum absolute atomic E-state index is 14.8. The molecule has 0 amide bonds. The SMILES string of the molecule is CC(=O)O[C@@H]1C[C@@]23COC[C@@](C)([C@@H]2CC[C@H]2C3=CC(=O)[C@@]3(C)[C@H](C(=O)O)[C@@](C)([C@H](C)C(C)C)CC[C@]23C)[C@H]1OCC(N)c1ccc(F)cc1. The van der Waals surface area contributed by atoms with Crippen molar-refractivity contribution in [2.45, 2.75) is 106 Å². The van der Waals surface area contributed by atoms with Gasteiger partial charge in [-0.3, -0.25) is 14.4 Å². The molecule has 3 N–H and O–H groups in total. The van der Waals surface area contributed by atoms with Gasteiger partial charge in [0.1, 0.15) is 18.0 Å². The van der Waals surface area contributed by atoms with Crippen molar-refractivity contribution < 1.29 is 38.1 Å². The highest BCUT2D eigenvalue weighted by Gasteiger charge is 2.74. The van der Waals surface area contributed by atoms with Crippen molar-refractivity contribution in [2.24, 2.45) is 62.4 Å². The lowest BCUT2D eigenvalue weighted by atomic mass is 9.34. The van der Waals surface area contributed by atoms with Crippen LogP contribution in [0.1, 0.15) is 99.1 Å². The van der Waals surface area contributed by atoms with E-state index < -0.39 is 63.2 Å². The van der Waals surface area contributed by atoms with E-state index in [1.807, 2.05) is 13.0 Å². The molecule has 2 bridgehead atoms. The van der Waals surface area contributed by atoms with Gasteiger partial charge >= 0.3 is 11.9 Å².